The standard InChI is InChI=1S/C26H34N4O5S/c1-30(23(31)13-14-24(32)35-2)16-17-9-11-20(12-10-17)36(27,34)29-26(33)28-25-21-7-3-5-18(21)15-19-6-4-8-22(19)25/h9-12,15,26,28,33H,3-8,13-14,16H2,1-2H3,(H2,27,29,34). The zero-order valence-corrected chi connectivity index (χ0v) is 21.6. The molecule has 0 saturated heterocycles. The summed E-state index contributed by atoms with van der Waals surface area (Å²) in [6, 6.07) is 8.94. The Hall–Kier alpha value is -2.95. The number of carbonyl (C=O) groups excluding carboxylic acids is 2. The molecule has 194 valence electrons. The molecule has 0 spiro atoms. The van der Waals surface area contributed by atoms with Gasteiger partial charge in [-0.2, -0.15) is 4.36 Å². The third kappa shape index (κ3) is 5.88. The lowest BCUT2D eigenvalue weighted by molar-refractivity contribution is -0.143. The maximum atomic E-state index is 13.2. The zero-order chi connectivity index (χ0) is 25.9. The van der Waals surface area contributed by atoms with E-state index in [0.717, 1.165) is 49.8 Å². The molecule has 4 rings (SSSR count). The molecule has 36 heavy (non-hydrogen) atoms. The van der Waals surface area contributed by atoms with Crippen molar-refractivity contribution in [2.75, 3.05) is 19.5 Å². The number of methoxy groups -OCH3 is 1. The smallest absolute Gasteiger partial charge is 0.306 e. The lowest BCUT2D eigenvalue weighted by Crippen LogP contribution is -2.26. The number of benzene rings is 2. The molecule has 2 aliphatic carbocycles. The van der Waals surface area contributed by atoms with Crippen molar-refractivity contribution < 1.29 is 23.6 Å². The lowest BCUT2D eigenvalue weighted by atomic mass is 9.99. The molecule has 0 heterocycles. The Morgan fingerprint density at radius 2 is 1.72 bits per heavy atom. The molecule has 4 N–H and O–H groups in total. The Labute approximate surface area is 212 Å². The third-order valence-corrected chi connectivity index (χ3v) is 8.34. The van der Waals surface area contributed by atoms with Gasteiger partial charge in [-0.3, -0.25) is 9.59 Å². The summed E-state index contributed by atoms with van der Waals surface area (Å²) in [5, 5.41) is 19.8. The van der Waals surface area contributed by atoms with Crippen LogP contribution in [-0.4, -0.2) is 46.6 Å². The van der Waals surface area contributed by atoms with E-state index in [9.17, 15) is 18.9 Å². The Bertz CT molecular complexity index is 1240. The molecule has 10 heteroatoms. The first-order valence-corrected chi connectivity index (χ1v) is 13.8. The molecule has 2 aromatic carbocycles. The number of anilines is 1. The highest BCUT2D eigenvalue weighted by Crippen LogP contribution is 2.38. The molecular formula is C26H34N4O5S. The summed E-state index contributed by atoms with van der Waals surface area (Å²) in [6.07, 6.45) is 4.85. The van der Waals surface area contributed by atoms with Gasteiger partial charge in [0.05, 0.1) is 18.4 Å². The minimum atomic E-state index is -3.36. The van der Waals surface area contributed by atoms with Crippen molar-refractivity contribution in [3.05, 3.63) is 58.1 Å². The van der Waals surface area contributed by atoms with Gasteiger partial charge in [-0.1, -0.05) is 18.2 Å². The molecule has 0 saturated carbocycles. The van der Waals surface area contributed by atoms with Gasteiger partial charge < -0.3 is 20.1 Å². The second-order valence-electron chi connectivity index (χ2n) is 9.40. The van der Waals surface area contributed by atoms with Gasteiger partial charge in [0.15, 0.2) is 0 Å². The van der Waals surface area contributed by atoms with Crippen LogP contribution in [0, 0.1) is 0 Å². The minimum Gasteiger partial charge on any atom is -0.469 e. The van der Waals surface area contributed by atoms with Gasteiger partial charge in [-0.25, -0.2) is 9.35 Å². The van der Waals surface area contributed by atoms with Crippen LogP contribution in [0.4, 0.5) is 5.69 Å². The van der Waals surface area contributed by atoms with E-state index in [1.165, 1.54) is 34.3 Å². The Morgan fingerprint density at radius 3 is 2.31 bits per heavy atom. The number of aliphatic hydroxyl groups is 1. The first-order valence-electron chi connectivity index (χ1n) is 12.2. The second kappa shape index (κ2) is 11.0. The molecule has 0 fully saturated rings. The van der Waals surface area contributed by atoms with Crippen molar-refractivity contribution in [2.24, 2.45) is 9.50 Å². The van der Waals surface area contributed by atoms with Crippen molar-refractivity contribution in [1.82, 2.24) is 4.90 Å². The number of fused-ring (bicyclic) bond motifs is 2. The quantitative estimate of drug-likeness (QED) is 0.348. The highest BCUT2D eigenvalue weighted by atomic mass is 32.2. The summed E-state index contributed by atoms with van der Waals surface area (Å²) in [7, 11) is -0.427. The van der Waals surface area contributed by atoms with Gasteiger partial charge in [0.25, 0.3) is 0 Å². The number of ether oxygens (including phenoxy) is 1. The molecule has 2 unspecified atom stereocenters. The molecule has 0 aliphatic heterocycles. The maximum absolute atomic E-state index is 13.2. The van der Waals surface area contributed by atoms with E-state index in [4.69, 9.17) is 5.14 Å². The Morgan fingerprint density at radius 1 is 1.11 bits per heavy atom. The molecular weight excluding hydrogens is 480 g/mol. The third-order valence-electron chi connectivity index (χ3n) is 6.88. The predicted molar refractivity (Wildman–Crippen MR) is 137 cm³/mol. The number of aryl methyl sites for hydroxylation is 2. The van der Waals surface area contributed by atoms with Crippen molar-refractivity contribution in [3.8, 4) is 0 Å². The fourth-order valence-corrected chi connectivity index (χ4v) is 6.01. The van der Waals surface area contributed by atoms with Crippen LogP contribution < -0.4 is 10.5 Å². The topological polar surface area (TPSA) is 134 Å². The Balaban J connectivity index is 1.44. The van der Waals surface area contributed by atoms with E-state index in [2.05, 4.69) is 20.5 Å². The largest absolute Gasteiger partial charge is 0.469 e. The van der Waals surface area contributed by atoms with Crippen LogP contribution >= 0.6 is 0 Å². The molecule has 0 aromatic heterocycles. The van der Waals surface area contributed by atoms with Gasteiger partial charge in [0.2, 0.25) is 12.3 Å². The van der Waals surface area contributed by atoms with E-state index >= 15 is 0 Å². The van der Waals surface area contributed by atoms with Gasteiger partial charge in [-0.15, -0.1) is 0 Å². The van der Waals surface area contributed by atoms with E-state index in [-0.39, 0.29) is 23.6 Å². The molecule has 2 atom stereocenters. The number of nitrogens with two attached hydrogens (primary N) is 1. The van der Waals surface area contributed by atoms with Crippen molar-refractivity contribution >= 4 is 27.5 Å². The van der Waals surface area contributed by atoms with Crippen LogP contribution in [0.2, 0.25) is 0 Å². The van der Waals surface area contributed by atoms with Gasteiger partial charge in [0, 0.05) is 25.7 Å². The number of carbonyl (C=O) groups is 2. The average molecular weight is 515 g/mol. The highest BCUT2D eigenvalue weighted by Gasteiger charge is 2.25. The Kier molecular flexibility index (Phi) is 7.97. The lowest BCUT2D eigenvalue weighted by Gasteiger charge is -2.19. The van der Waals surface area contributed by atoms with E-state index < -0.39 is 22.2 Å². The fourth-order valence-electron chi connectivity index (χ4n) is 5.01. The first kappa shape index (κ1) is 26.1. The van der Waals surface area contributed by atoms with Crippen LogP contribution in [0.3, 0.4) is 0 Å². The molecule has 0 radical (unpaired) electrons. The second-order valence-corrected chi connectivity index (χ2v) is 11.2. The summed E-state index contributed by atoms with van der Waals surface area (Å²) < 4.78 is 21.8. The number of nitrogens with one attached hydrogen (secondary N) is 1. The number of aliphatic hydroxyl groups excluding tert-OH is 1. The highest BCUT2D eigenvalue weighted by molar-refractivity contribution is 7.91. The van der Waals surface area contributed by atoms with E-state index in [1.807, 2.05) is 0 Å². The number of nitrogens with zero attached hydrogens (tertiary/aromatic N) is 2. The fraction of sp³-hybridized carbons (Fsp3) is 0.462. The summed E-state index contributed by atoms with van der Waals surface area (Å²) in [5.41, 5.74) is 6.83. The van der Waals surface area contributed by atoms with Crippen LogP contribution in [0.15, 0.2) is 39.6 Å². The summed E-state index contributed by atoms with van der Waals surface area (Å²) in [5.74, 6) is -0.615. The minimum absolute atomic E-state index is 0.0281. The maximum Gasteiger partial charge on any atom is 0.306 e. The predicted octanol–water partition coefficient (Wildman–Crippen LogP) is 2.66. The van der Waals surface area contributed by atoms with E-state index in [1.54, 1.807) is 31.3 Å². The monoisotopic (exact) mass is 514 g/mol. The van der Waals surface area contributed by atoms with E-state index in [0.29, 0.717) is 6.54 Å². The SMILES string of the molecule is COC(=O)CCC(=O)N(C)Cc1ccc(S(N)(=O)=NC(O)Nc2c3c(cc4c2CCC4)CCC3)cc1. The number of esters is 1. The van der Waals surface area contributed by atoms with Crippen molar-refractivity contribution in [3.63, 3.8) is 0 Å². The number of hydrogen-bond donors (Lipinski definition) is 3. The van der Waals surface area contributed by atoms with Crippen LogP contribution in [0.1, 0.15) is 53.5 Å². The summed E-state index contributed by atoms with van der Waals surface area (Å²) >= 11 is 0. The van der Waals surface area contributed by atoms with Gasteiger partial charge >= 0.3 is 5.97 Å². The van der Waals surface area contributed by atoms with Gasteiger partial charge in [0.1, 0.15) is 9.92 Å². The van der Waals surface area contributed by atoms with Crippen molar-refractivity contribution in [2.45, 2.75) is 69.2 Å². The molecule has 2 aromatic rings. The summed E-state index contributed by atoms with van der Waals surface area (Å²) in [6.45, 7) is 0.317. The number of amides is 1. The van der Waals surface area contributed by atoms with Crippen molar-refractivity contribution in [1.29, 1.82) is 0 Å². The average Bonchev–Trinajstić information content (AvgIpc) is 3.51. The van der Waals surface area contributed by atoms with Crippen LogP contribution in [0.5, 0.6) is 0 Å². The zero-order valence-electron chi connectivity index (χ0n) is 20.8. The normalized spacial score (nSPS) is 16.4. The van der Waals surface area contributed by atoms with Gasteiger partial charge in [-0.05, 0) is 78.5 Å². The number of hydrogen-bond acceptors (Lipinski definition) is 7. The first-order chi connectivity index (χ1) is 17.2. The summed E-state index contributed by atoms with van der Waals surface area (Å²) in [4.78, 5) is 25.2. The molecule has 9 nitrogen and oxygen atoms in total. The van der Waals surface area contributed by atoms with Crippen LogP contribution in [-0.2, 0) is 56.5 Å². The number of rotatable bonds is 9. The molecule has 2 aliphatic rings. The molecule has 0 bridgehead atoms. The van der Waals surface area contributed by atoms with Crippen LogP contribution in [0.25, 0.3) is 0 Å². The molecule has 1 amide bonds.